The Labute approximate surface area is 159 Å². The van der Waals surface area contributed by atoms with Crippen LogP contribution in [0.1, 0.15) is 36.2 Å². The number of esters is 1. The van der Waals surface area contributed by atoms with Crippen molar-refractivity contribution in [3.05, 3.63) is 53.6 Å². The third kappa shape index (κ3) is 5.74. The Morgan fingerprint density at radius 3 is 2.44 bits per heavy atom. The number of carbonyl (C=O) groups excluding carboxylic acids is 2. The number of nitrogens with one attached hydrogen (secondary N) is 1. The van der Waals surface area contributed by atoms with Crippen LogP contribution >= 0.6 is 0 Å². The molecule has 0 aliphatic heterocycles. The lowest BCUT2D eigenvalue weighted by atomic mass is 10.1. The third-order valence-electron chi connectivity index (χ3n) is 3.81. The predicted octanol–water partition coefficient (Wildman–Crippen LogP) is 3.98. The Morgan fingerprint density at radius 1 is 1.11 bits per heavy atom. The van der Waals surface area contributed by atoms with E-state index in [9.17, 15) is 9.59 Å². The number of amides is 1. The summed E-state index contributed by atoms with van der Waals surface area (Å²) >= 11 is 0. The van der Waals surface area contributed by atoms with Crippen LogP contribution in [0.3, 0.4) is 0 Å². The second-order valence-electron chi connectivity index (χ2n) is 6.11. The van der Waals surface area contributed by atoms with Crippen molar-refractivity contribution >= 4 is 17.6 Å². The van der Waals surface area contributed by atoms with Gasteiger partial charge in [0.25, 0.3) is 5.91 Å². The molecule has 6 heteroatoms. The molecule has 2 aromatic rings. The van der Waals surface area contributed by atoms with E-state index in [-0.39, 0.29) is 5.91 Å². The van der Waals surface area contributed by atoms with E-state index in [2.05, 4.69) is 5.32 Å². The van der Waals surface area contributed by atoms with Crippen molar-refractivity contribution in [2.45, 2.75) is 33.3 Å². The summed E-state index contributed by atoms with van der Waals surface area (Å²) in [5.74, 6) is 0.403. The van der Waals surface area contributed by atoms with Gasteiger partial charge >= 0.3 is 5.97 Å². The Bertz CT molecular complexity index is 786. The average Bonchev–Trinajstić information content (AvgIpc) is 2.66. The minimum atomic E-state index is -0.715. The zero-order valence-corrected chi connectivity index (χ0v) is 16.1. The van der Waals surface area contributed by atoms with Crippen molar-refractivity contribution in [2.24, 2.45) is 0 Å². The lowest BCUT2D eigenvalue weighted by Crippen LogP contribution is -2.26. The number of carbonyl (C=O) groups is 2. The Balaban J connectivity index is 2.01. The monoisotopic (exact) mass is 371 g/mol. The smallest absolute Gasteiger partial charge is 0.347 e. The van der Waals surface area contributed by atoms with E-state index >= 15 is 0 Å². The standard InChI is InChI=1S/C21H25NO5/c1-5-12-26-21(24)15(3)27-17-9-7-16(8-10-17)20(23)22-18-13-14(2)6-11-19(18)25-4/h6-11,13,15H,5,12H2,1-4H3,(H,22,23)/t15-/m1/s1. The van der Waals surface area contributed by atoms with Crippen molar-refractivity contribution in [1.82, 2.24) is 0 Å². The molecular weight excluding hydrogens is 346 g/mol. The molecule has 0 saturated carbocycles. The highest BCUT2D eigenvalue weighted by atomic mass is 16.6. The van der Waals surface area contributed by atoms with Gasteiger partial charge in [-0.2, -0.15) is 0 Å². The first-order valence-corrected chi connectivity index (χ1v) is 8.84. The zero-order chi connectivity index (χ0) is 19.8. The summed E-state index contributed by atoms with van der Waals surface area (Å²) < 4.78 is 15.9. The summed E-state index contributed by atoms with van der Waals surface area (Å²) in [5, 5.41) is 2.84. The van der Waals surface area contributed by atoms with Gasteiger partial charge in [-0.1, -0.05) is 13.0 Å². The zero-order valence-electron chi connectivity index (χ0n) is 16.1. The number of hydrogen-bond acceptors (Lipinski definition) is 5. The molecule has 2 rings (SSSR count). The topological polar surface area (TPSA) is 73.9 Å². The van der Waals surface area contributed by atoms with Crippen molar-refractivity contribution in [1.29, 1.82) is 0 Å². The summed E-state index contributed by atoms with van der Waals surface area (Å²) in [5.41, 5.74) is 2.08. The third-order valence-corrected chi connectivity index (χ3v) is 3.81. The van der Waals surface area contributed by atoms with E-state index in [4.69, 9.17) is 14.2 Å². The van der Waals surface area contributed by atoms with Crippen LogP contribution in [0.5, 0.6) is 11.5 Å². The molecular formula is C21H25NO5. The average molecular weight is 371 g/mol. The first kappa shape index (κ1) is 20.3. The first-order valence-electron chi connectivity index (χ1n) is 8.84. The first-order chi connectivity index (χ1) is 12.9. The van der Waals surface area contributed by atoms with Crippen LogP contribution in [0.15, 0.2) is 42.5 Å². The van der Waals surface area contributed by atoms with Crippen molar-refractivity contribution in [3.8, 4) is 11.5 Å². The fraction of sp³-hybridized carbons (Fsp3) is 0.333. The van der Waals surface area contributed by atoms with E-state index in [1.807, 2.05) is 26.0 Å². The minimum absolute atomic E-state index is 0.263. The summed E-state index contributed by atoms with van der Waals surface area (Å²) in [6.45, 7) is 5.86. The highest BCUT2D eigenvalue weighted by molar-refractivity contribution is 6.05. The van der Waals surface area contributed by atoms with Crippen molar-refractivity contribution < 1.29 is 23.8 Å². The lowest BCUT2D eigenvalue weighted by Gasteiger charge is -2.14. The molecule has 1 N–H and O–H groups in total. The molecule has 0 aliphatic rings. The molecule has 0 spiro atoms. The molecule has 0 bridgehead atoms. The number of hydrogen-bond donors (Lipinski definition) is 1. The van der Waals surface area contributed by atoms with Gasteiger partial charge < -0.3 is 19.5 Å². The molecule has 1 amide bonds. The molecule has 0 radical (unpaired) electrons. The Morgan fingerprint density at radius 2 is 1.81 bits per heavy atom. The van der Waals surface area contributed by atoms with E-state index in [1.54, 1.807) is 44.4 Å². The van der Waals surface area contributed by atoms with Gasteiger partial charge in [0, 0.05) is 5.56 Å². The number of ether oxygens (including phenoxy) is 3. The van der Waals surface area contributed by atoms with E-state index in [0.29, 0.717) is 29.4 Å². The summed E-state index contributed by atoms with van der Waals surface area (Å²) in [6, 6.07) is 12.1. The highest BCUT2D eigenvalue weighted by Gasteiger charge is 2.16. The maximum absolute atomic E-state index is 12.5. The summed E-state index contributed by atoms with van der Waals surface area (Å²) in [4.78, 5) is 24.2. The van der Waals surface area contributed by atoms with Gasteiger partial charge in [0.05, 0.1) is 19.4 Å². The molecule has 144 valence electrons. The fourth-order valence-corrected chi connectivity index (χ4v) is 2.37. The maximum Gasteiger partial charge on any atom is 0.347 e. The van der Waals surface area contributed by atoms with Gasteiger partial charge in [-0.15, -0.1) is 0 Å². The van der Waals surface area contributed by atoms with Gasteiger partial charge in [0.2, 0.25) is 0 Å². The predicted molar refractivity (Wildman–Crippen MR) is 103 cm³/mol. The Hall–Kier alpha value is -3.02. The SMILES string of the molecule is CCCOC(=O)[C@@H](C)Oc1ccc(C(=O)Nc2cc(C)ccc2OC)cc1. The number of rotatable bonds is 8. The molecule has 2 aromatic carbocycles. The van der Waals surface area contributed by atoms with E-state index in [1.165, 1.54) is 0 Å². The van der Waals surface area contributed by atoms with Gasteiger partial charge in [-0.05, 0) is 62.2 Å². The van der Waals surface area contributed by atoms with Gasteiger partial charge in [0.1, 0.15) is 11.5 Å². The lowest BCUT2D eigenvalue weighted by molar-refractivity contribution is -0.151. The van der Waals surface area contributed by atoms with Crippen LogP contribution in [-0.2, 0) is 9.53 Å². The van der Waals surface area contributed by atoms with Crippen LogP contribution in [-0.4, -0.2) is 31.7 Å². The van der Waals surface area contributed by atoms with Crippen LogP contribution < -0.4 is 14.8 Å². The molecule has 6 nitrogen and oxygen atoms in total. The highest BCUT2D eigenvalue weighted by Crippen LogP contribution is 2.26. The molecule has 0 aliphatic carbocycles. The minimum Gasteiger partial charge on any atom is -0.495 e. The number of aryl methyl sites for hydroxylation is 1. The molecule has 0 unspecified atom stereocenters. The number of anilines is 1. The van der Waals surface area contributed by atoms with Gasteiger partial charge in [0.15, 0.2) is 6.10 Å². The van der Waals surface area contributed by atoms with Crippen molar-refractivity contribution in [3.63, 3.8) is 0 Å². The van der Waals surface area contributed by atoms with Crippen LogP contribution in [0.25, 0.3) is 0 Å². The van der Waals surface area contributed by atoms with Gasteiger partial charge in [-0.25, -0.2) is 4.79 Å². The quantitative estimate of drug-likeness (QED) is 0.711. The van der Waals surface area contributed by atoms with Crippen LogP contribution in [0.2, 0.25) is 0 Å². The second kappa shape index (κ2) is 9.62. The van der Waals surface area contributed by atoms with Crippen molar-refractivity contribution in [2.75, 3.05) is 19.0 Å². The summed E-state index contributed by atoms with van der Waals surface area (Å²) in [6.07, 6.45) is 0.0429. The summed E-state index contributed by atoms with van der Waals surface area (Å²) in [7, 11) is 1.55. The molecule has 1 atom stereocenters. The molecule has 0 fully saturated rings. The molecule has 27 heavy (non-hydrogen) atoms. The Kier molecular flexibility index (Phi) is 7.23. The molecule has 0 saturated heterocycles. The molecule has 0 aromatic heterocycles. The number of methoxy groups -OCH3 is 1. The maximum atomic E-state index is 12.5. The molecule has 0 heterocycles. The fourth-order valence-electron chi connectivity index (χ4n) is 2.37. The van der Waals surface area contributed by atoms with Crippen LogP contribution in [0, 0.1) is 6.92 Å². The van der Waals surface area contributed by atoms with E-state index in [0.717, 1.165) is 12.0 Å². The van der Waals surface area contributed by atoms with E-state index < -0.39 is 12.1 Å². The normalized spacial score (nSPS) is 11.4. The number of benzene rings is 2. The largest absolute Gasteiger partial charge is 0.495 e. The second-order valence-corrected chi connectivity index (χ2v) is 6.11. The van der Waals surface area contributed by atoms with Gasteiger partial charge in [-0.3, -0.25) is 4.79 Å². The van der Waals surface area contributed by atoms with Crippen LogP contribution in [0.4, 0.5) is 5.69 Å².